The maximum atomic E-state index is 12.3. The molecule has 0 bridgehead atoms. The van der Waals surface area contributed by atoms with Crippen molar-refractivity contribution < 1.29 is 18.0 Å². The maximum absolute atomic E-state index is 12.3. The van der Waals surface area contributed by atoms with Crippen molar-refractivity contribution in [1.82, 2.24) is 4.90 Å². The van der Waals surface area contributed by atoms with Crippen molar-refractivity contribution in [3.63, 3.8) is 0 Å². The highest BCUT2D eigenvalue weighted by atomic mass is 79.9. The molecule has 3 nitrogen and oxygen atoms in total. The summed E-state index contributed by atoms with van der Waals surface area (Å²) in [5, 5.41) is 2.77. The van der Waals surface area contributed by atoms with Crippen molar-refractivity contribution in [3.8, 4) is 0 Å². The molecule has 0 radical (unpaired) electrons. The van der Waals surface area contributed by atoms with Gasteiger partial charge >= 0.3 is 6.18 Å². The number of hydrogen-bond acceptors (Lipinski definition) is 3. The number of anilines is 1. The van der Waals surface area contributed by atoms with E-state index in [-0.39, 0.29) is 5.70 Å². The van der Waals surface area contributed by atoms with Gasteiger partial charge in [-0.25, -0.2) is 0 Å². The number of halogens is 4. The second kappa shape index (κ2) is 7.31. The largest absolute Gasteiger partial charge is 0.454 e. The Morgan fingerprint density at radius 3 is 2.29 bits per heavy atom. The van der Waals surface area contributed by atoms with Crippen molar-refractivity contribution in [2.45, 2.75) is 6.18 Å². The summed E-state index contributed by atoms with van der Waals surface area (Å²) in [5.74, 6) is -1.91. The first kappa shape index (κ1) is 17.3. The average molecular weight is 363 g/mol. The van der Waals surface area contributed by atoms with Crippen LogP contribution in [-0.4, -0.2) is 31.0 Å². The predicted molar refractivity (Wildman–Crippen MR) is 79.7 cm³/mol. The highest BCUT2D eigenvalue weighted by Crippen LogP contribution is 2.20. The number of hydrogen-bond donors (Lipinski definition) is 1. The Morgan fingerprint density at radius 1 is 1.24 bits per heavy atom. The van der Waals surface area contributed by atoms with Gasteiger partial charge < -0.3 is 10.2 Å². The zero-order valence-electron chi connectivity index (χ0n) is 11.4. The van der Waals surface area contributed by atoms with Crippen LogP contribution in [0.4, 0.5) is 18.9 Å². The van der Waals surface area contributed by atoms with E-state index in [4.69, 9.17) is 0 Å². The van der Waals surface area contributed by atoms with E-state index >= 15 is 0 Å². The fraction of sp³-hybridized carbons (Fsp3) is 0.214. The molecule has 7 heteroatoms. The Morgan fingerprint density at radius 2 is 1.81 bits per heavy atom. The number of carbonyl (C=O) groups excluding carboxylic acids is 1. The number of rotatable bonds is 5. The van der Waals surface area contributed by atoms with Crippen LogP contribution in [0.1, 0.15) is 0 Å². The first-order chi connectivity index (χ1) is 9.68. The molecule has 0 amide bonds. The van der Waals surface area contributed by atoms with Crippen LogP contribution in [0.3, 0.4) is 0 Å². The molecule has 0 unspecified atom stereocenters. The van der Waals surface area contributed by atoms with Crippen molar-refractivity contribution in [2.24, 2.45) is 0 Å². The fourth-order valence-electron chi connectivity index (χ4n) is 1.28. The number of alkyl halides is 3. The van der Waals surface area contributed by atoms with E-state index in [9.17, 15) is 18.0 Å². The molecular weight excluding hydrogens is 349 g/mol. The van der Waals surface area contributed by atoms with Gasteiger partial charge in [-0.05, 0) is 30.3 Å². The zero-order valence-corrected chi connectivity index (χ0v) is 13.0. The molecule has 0 aliphatic rings. The normalized spacial score (nSPS) is 12.6. The van der Waals surface area contributed by atoms with Crippen LogP contribution in [0.15, 0.2) is 52.8 Å². The summed E-state index contributed by atoms with van der Waals surface area (Å²) in [6.07, 6.45) is -1.42. The van der Waals surface area contributed by atoms with Crippen LogP contribution in [-0.2, 0) is 4.79 Å². The predicted octanol–water partition coefficient (Wildman–Crippen LogP) is 3.95. The van der Waals surface area contributed by atoms with E-state index < -0.39 is 12.0 Å². The van der Waals surface area contributed by atoms with E-state index in [0.717, 1.165) is 4.47 Å². The molecular formula is C14H14BrF3N2O. The zero-order chi connectivity index (χ0) is 16.0. The monoisotopic (exact) mass is 362 g/mol. The smallest absolute Gasteiger partial charge is 0.383 e. The van der Waals surface area contributed by atoms with Gasteiger partial charge in [0.2, 0.25) is 0 Å². The standard InChI is InChI=1S/C14H14BrF3N2O/c1-20(2)8-7-12(9-13(21)14(16,17)18)19-11-5-3-10(15)4-6-11/h3-9,19H,1-2H3/b8-7+,12-9-. The van der Waals surface area contributed by atoms with Crippen LogP contribution in [0, 0.1) is 0 Å². The third-order valence-corrected chi connectivity index (χ3v) is 2.78. The minimum Gasteiger partial charge on any atom is -0.383 e. The van der Waals surface area contributed by atoms with E-state index in [1.165, 1.54) is 6.08 Å². The summed E-state index contributed by atoms with van der Waals surface area (Å²) in [5.41, 5.74) is 0.621. The first-order valence-corrected chi connectivity index (χ1v) is 6.68. The van der Waals surface area contributed by atoms with Crippen LogP contribution in [0.2, 0.25) is 0 Å². The minimum atomic E-state index is -4.89. The molecule has 1 N–H and O–H groups in total. The van der Waals surface area contributed by atoms with Crippen molar-refractivity contribution >= 4 is 27.4 Å². The Bertz CT molecular complexity index is 548. The molecule has 0 spiro atoms. The van der Waals surface area contributed by atoms with Gasteiger partial charge in [-0.2, -0.15) is 13.2 Å². The first-order valence-electron chi connectivity index (χ1n) is 5.88. The van der Waals surface area contributed by atoms with Gasteiger partial charge in [-0.1, -0.05) is 15.9 Å². The maximum Gasteiger partial charge on any atom is 0.454 e. The van der Waals surface area contributed by atoms with E-state index in [1.807, 2.05) is 0 Å². The molecule has 0 aliphatic heterocycles. The minimum absolute atomic E-state index is 0.0494. The van der Waals surface area contributed by atoms with Gasteiger partial charge in [0.05, 0.1) is 0 Å². The Balaban J connectivity index is 3.00. The molecule has 1 rings (SSSR count). The van der Waals surface area contributed by atoms with Crippen LogP contribution < -0.4 is 5.32 Å². The fourth-order valence-corrected chi connectivity index (χ4v) is 1.54. The molecule has 0 atom stereocenters. The van der Waals surface area contributed by atoms with Gasteiger partial charge in [0.25, 0.3) is 5.78 Å². The molecule has 0 heterocycles. The number of nitrogens with one attached hydrogen (secondary N) is 1. The number of ketones is 1. The summed E-state index contributed by atoms with van der Waals surface area (Å²) in [7, 11) is 3.44. The second-order valence-corrected chi connectivity index (χ2v) is 5.29. The Hall–Kier alpha value is -1.76. The summed E-state index contributed by atoms with van der Waals surface area (Å²) in [6, 6.07) is 6.83. The lowest BCUT2D eigenvalue weighted by molar-refractivity contribution is -0.165. The molecule has 0 aliphatic carbocycles. The second-order valence-electron chi connectivity index (χ2n) is 4.37. The average Bonchev–Trinajstić information content (AvgIpc) is 2.37. The molecule has 1 aromatic carbocycles. The van der Waals surface area contributed by atoms with Gasteiger partial charge in [0, 0.05) is 42.2 Å². The number of nitrogens with zero attached hydrogens (tertiary/aromatic N) is 1. The summed E-state index contributed by atoms with van der Waals surface area (Å²) < 4.78 is 37.9. The van der Waals surface area contributed by atoms with Crippen molar-refractivity contribution in [1.29, 1.82) is 0 Å². The van der Waals surface area contributed by atoms with Crippen LogP contribution in [0.25, 0.3) is 0 Å². The van der Waals surface area contributed by atoms with Gasteiger partial charge in [-0.15, -0.1) is 0 Å². The van der Waals surface area contributed by atoms with Gasteiger partial charge in [0.15, 0.2) is 0 Å². The lowest BCUT2D eigenvalue weighted by Gasteiger charge is -2.10. The summed E-state index contributed by atoms with van der Waals surface area (Å²) >= 11 is 3.26. The van der Waals surface area contributed by atoms with Crippen LogP contribution in [0.5, 0.6) is 0 Å². The third kappa shape index (κ3) is 6.48. The van der Waals surface area contributed by atoms with E-state index in [0.29, 0.717) is 11.8 Å². The molecule has 21 heavy (non-hydrogen) atoms. The Labute approximate surface area is 129 Å². The summed E-state index contributed by atoms with van der Waals surface area (Å²) in [4.78, 5) is 12.7. The molecule has 0 saturated carbocycles. The summed E-state index contributed by atoms with van der Waals surface area (Å²) in [6.45, 7) is 0. The lowest BCUT2D eigenvalue weighted by Crippen LogP contribution is -2.21. The van der Waals surface area contributed by atoms with Gasteiger partial charge in [-0.3, -0.25) is 4.79 Å². The highest BCUT2D eigenvalue weighted by molar-refractivity contribution is 9.10. The van der Waals surface area contributed by atoms with Gasteiger partial charge in [0.1, 0.15) is 0 Å². The topological polar surface area (TPSA) is 32.3 Å². The molecule has 0 fully saturated rings. The molecule has 0 saturated heterocycles. The van der Waals surface area contributed by atoms with E-state index in [1.54, 1.807) is 49.5 Å². The number of allylic oxidation sites excluding steroid dienone is 2. The number of benzene rings is 1. The molecule has 0 aromatic heterocycles. The third-order valence-electron chi connectivity index (χ3n) is 2.25. The van der Waals surface area contributed by atoms with Crippen molar-refractivity contribution in [3.05, 3.63) is 52.8 Å². The molecule has 1 aromatic rings. The Kier molecular flexibility index (Phi) is 6.02. The lowest BCUT2D eigenvalue weighted by atomic mass is 10.2. The SMILES string of the molecule is CN(C)/C=C/C(=C/C(=O)C(F)(F)F)Nc1ccc(Br)cc1. The van der Waals surface area contributed by atoms with E-state index in [2.05, 4.69) is 21.2 Å². The highest BCUT2D eigenvalue weighted by Gasteiger charge is 2.36. The quantitative estimate of drug-likeness (QED) is 0.635. The van der Waals surface area contributed by atoms with Crippen molar-refractivity contribution in [2.75, 3.05) is 19.4 Å². The van der Waals surface area contributed by atoms with Crippen LogP contribution >= 0.6 is 15.9 Å². The number of carbonyl (C=O) groups is 1. The molecule has 114 valence electrons.